The molecule has 0 amide bonds. The van der Waals surface area contributed by atoms with Gasteiger partial charge in [0.2, 0.25) is 5.69 Å². The summed E-state index contributed by atoms with van der Waals surface area (Å²) in [5.41, 5.74) is 1.96. The van der Waals surface area contributed by atoms with Gasteiger partial charge in [0.15, 0.2) is 15.1 Å². The van der Waals surface area contributed by atoms with Crippen LogP contribution in [-0.4, -0.2) is 35.7 Å². The van der Waals surface area contributed by atoms with E-state index < -0.39 is 0 Å². The number of aryl methyl sites for hydroxylation is 1. The van der Waals surface area contributed by atoms with Gasteiger partial charge in [0.05, 0.1) is 31.2 Å². The number of nitrogens with zero attached hydrogens (tertiary/aromatic N) is 6. The smallest absolute Gasteiger partial charge is 0.247 e. The standard InChI is InChI=1S/C16H20N6OS2/c1-10-11(17-5)13(25-21-10)19-20-14-12(16(2,3)4)18-15(24-14)22-6-8-23-9-7-22/h6-9H2,1-4H3. The molecule has 3 heterocycles. The lowest BCUT2D eigenvalue weighted by molar-refractivity contribution is 0.122. The lowest BCUT2D eigenvalue weighted by atomic mass is 9.93. The summed E-state index contributed by atoms with van der Waals surface area (Å²) in [6.45, 7) is 18.5. The monoisotopic (exact) mass is 376 g/mol. The van der Waals surface area contributed by atoms with E-state index in [1.165, 1.54) is 22.9 Å². The first-order valence-electron chi connectivity index (χ1n) is 7.99. The van der Waals surface area contributed by atoms with E-state index in [0.29, 0.717) is 16.4 Å². The van der Waals surface area contributed by atoms with Crippen LogP contribution < -0.4 is 4.90 Å². The largest absolute Gasteiger partial charge is 0.378 e. The van der Waals surface area contributed by atoms with Crippen molar-refractivity contribution >= 4 is 43.7 Å². The Balaban J connectivity index is 1.95. The molecule has 0 aromatic carbocycles. The Bertz CT molecular complexity index is 821. The minimum atomic E-state index is -0.137. The second-order valence-electron chi connectivity index (χ2n) is 6.73. The second kappa shape index (κ2) is 7.15. The van der Waals surface area contributed by atoms with E-state index in [2.05, 4.69) is 45.1 Å². The molecule has 0 spiro atoms. The quantitative estimate of drug-likeness (QED) is 0.558. The van der Waals surface area contributed by atoms with Crippen molar-refractivity contribution in [1.82, 2.24) is 9.36 Å². The van der Waals surface area contributed by atoms with Crippen LogP contribution in [-0.2, 0) is 10.2 Å². The van der Waals surface area contributed by atoms with Crippen LogP contribution >= 0.6 is 22.9 Å². The van der Waals surface area contributed by atoms with E-state index in [4.69, 9.17) is 16.3 Å². The topological polar surface area (TPSA) is 67.3 Å². The van der Waals surface area contributed by atoms with Gasteiger partial charge in [-0.3, -0.25) is 0 Å². The van der Waals surface area contributed by atoms with Gasteiger partial charge in [0.25, 0.3) is 0 Å². The van der Waals surface area contributed by atoms with Crippen molar-refractivity contribution in [2.75, 3.05) is 31.2 Å². The van der Waals surface area contributed by atoms with Crippen LogP contribution in [0.15, 0.2) is 10.2 Å². The Labute approximate surface area is 155 Å². The normalized spacial score (nSPS) is 15.7. The van der Waals surface area contributed by atoms with Crippen LogP contribution in [0.3, 0.4) is 0 Å². The fourth-order valence-electron chi connectivity index (χ4n) is 2.39. The maximum absolute atomic E-state index is 7.27. The first-order valence-corrected chi connectivity index (χ1v) is 9.58. The Morgan fingerprint density at radius 2 is 1.88 bits per heavy atom. The lowest BCUT2D eigenvalue weighted by Crippen LogP contribution is -2.36. The van der Waals surface area contributed by atoms with E-state index in [1.54, 1.807) is 0 Å². The molecule has 1 saturated heterocycles. The average Bonchev–Trinajstić information content (AvgIpc) is 3.17. The van der Waals surface area contributed by atoms with Crippen molar-refractivity contribution in [3.05, 3.63) is 22.8 Å². The SMILES string of the molecule is [C-]#[N+]c1c(C)nsc1N=Nc1sc(N2CCOCC2)nc1C(C)(C)C. The highest BCUT2D eigenvalue weighted by atomic mass is 32.1. The molecule has 0 unspecified atom stereocenters. The van der Waals surface area contributed by atoms with Gasteiger partial charge in [-0.1, -0.05) is 32.1 Å². The molecule has 1 aliphatic heterocycles. The number of rotatable bonds is 3. The van der Waals surface area contributed by atoms with Gasteiger partial charge >= 0.3 is 0 Å². The van der Waals surface area contributed by atoms with Gasteiger partial charge in [0.1, 0.15) is 0 Å². The number of anilines is 1. The number of aromatic nitrogens is 2. The van der Waals surface area contributed by atoms with Crippen LogP contribution in [0, 0.1) is 13.5 Å². The first-order chi connectivity index (χ1) is 11.9. The highest BCUT2D eigenvalue weighted by Gasteiger charge is 2.26. The number of hydrogen-bond donors (Lipinski definition) is 0. The summed E-state index contributed by atoms with van der Waals surface area (Å²) in [6, 6.07) is 0. The average molecular weight is 377 g/mol. The molecule has 0 aliphatic carbocycles. The van der Waals surface area contributed by atoms with E-state index in [1.807, 2.05) is 6.92 Å². The van der Waals surface area contributed by atoms with Crippen LogP contribution in [0.25, 0.3) is 4.85 Å². The molecule has 9 heteroatoms. The van der Waals surface area contributed by atoms with Gasteiger partial charge in [-0.15, -0.1) is 10.2 Å². The molecule has 132 valence electrons. The van der Waals surface area contributed by atoms with Crippen molar-refractivity contribution in [2.45, 2.75) is 33.1 Å². The van der Waals surface area contributed by atoms with Crippen molar-refractivity contribution in [1.29, 1.82) is 0 Å². The second-order valence-corrected chi connectivity index (χ2v) is 8.44. The first kappa shape index (κ1) is 17.9. The molecule has 0 bridgehead atoms. The van der Waals surface area contributed by atoms with Crippen molar-refractivity contribution in [3.63, 3.8) is 0 Å². The zero-order chi connectivity index (χ0) is 18.0. The number of thiazole rings is 1. The van der Waals surface area contributed by atoms with Crippen LogP contribution in [0.4, 0.5) is 20.8 Å². The zero-order valence-electron chi connectivity index (χ0n) is 14.7. The lowest BCUT2D eigenvalue weighted by Gasteiger charge is -2.26. The summed E-state index contributed by atoms with van der Waals surface area (Å²) >= 11 is 2.74. The van der Waals surface area contributed by atoms with Crippen molar-refractivity contribution in [3.8, 4) is 0 Å². The fraction of sp³-hybridized carbons (Fsp3) is 0.562. The van der Waals surface area contributed by atoms with Gasteiger partial charge < -0.3 is 9.64 Å². The third-order valence-electron chi connectivity index (χ3n) is 3.75. The summed E-state index contributed by atoms with van der Waals surface area (Å²) in [5, 5.41) is 11.0. The number of hydrogen-bond acceptors (Lipinski definition) is 8. The molecule has 2 aromatic rings. The fourth-order valence-corrected chi connectivity index (χ4v) is 4.20. The van der Waals surface area contributed by atoms with Crippen LogP contribution in [0.2, 0.25) is 0 Å². The van der Waals surface area contributed by atoms with E-state index >= 15 is 0 Å². The van der Waals surface area contributed by atoms with Gasteiger partial charge in [-0.25, -0.2) is 14.2 Å². The third kappa shape index (κ3) is 3.86. The molecular formula is C16H20N6OS2. The van der Waals surface area contributed by atoms with Gasteiger partial charge in [0, 0.05) is 18.5 Å². The molecule has 7 nitrogen and oxygen atoms in total. The predicted molar refractivity (Wildman–Crippen MR) is 101 cm³/mol. The van der Waals surface area contributed by atoms with E-state index in [-0.39, 0.29) is 5.41 Å². The Morgan fingerprint density at radius 3 is 2.52 bits per heavy atom. The van der Waals surface area contributed by atoms with Gasteiger partial charge in [-0.05, 0) is 18.5 Å². The van der Waals surface area contributed by atoms with Crippen LogP contribution in [0.1, 0.15) is 32.2 Å². The summed E-state index contributed by atoms with van der Waals surface area (Å²) < 4.78 is 9.61. The summed E-state index contributed by atoms with van der Waals surface area (Å²) in [6.07, 6.45) is 0. The molecule has 2 aromatic heterocycles. The molecule has 1 aliphatic rings. The number of azo groups is 1. The zero-order valence-corrected chi connectivity index (χ0v) is 16.4. The maximum Gasteiger partial charge on any atom is 0.247 e. The van der Waals surface area contributed by atoms with Gasteiger partial charge in [-0.2, -0.15) is 0 Å². The summed E-state index contributed by atoms with van der Waals surface area (Å²) in [5.74, 6) is 0. The maximum atomic E-state index is 7.27. The van der Waals surface area contributed by atoms with Crippen molar-refractivity contribution < 1.29 is 4.74 Å². The molecule has 0 radical (unpaired) electrons. The molecule has 0 N–H and O–H groups in total. The Morgan fingerprint density at radius 1 is 1.20 bits per heavy atom. The molecule has 0 saturated carbocycles. The minimum absolute atomic E-state index is 0.137. The summed E-state index contributed by atoms with van der Waals surface area (Å²) in [4.78, 5) is 10.6. The van der Waals surface area contributed by atoms with E-state index in [0.717, 1.165) is 42.1 Å². The highest BCUT2D eigenvalue weighted by molar-refractivity contribution is 7.19. The number of ether oxygens (including phenoxy) is 1. The third-order valence-corrected chi connectivity index (χ3v) is 5.56. The van der Waals surface area contributed by atoms with Crippen molar-refractivity contribution in [2.24, 2.45) is 10.2 Å². The molecular weight excluding hydrogens is 356 g/mol. The van der Waals surface area contributed by atoms with Crippen LogP contribution in [0.5, 0.6) is 0 Å². The number of morpholine rings is 1. The molecule has 1 fully saturated rings. The van der Waals surface area contributed by atoms with E-state index in [9.17, 15) is 0 Å². The highest BCUT2D eigenvalue weighted by Crippen LogP contribution is 2.42. The minimum Gasteiger partial charge on any atom is -0.378 e. The molecule has 3 rings (SSSR count). The molecule has 25 heavy (non-hydrogen) atoms. The summed E-state index contributed by atoms with van der Waals surface area (Å²) in [7, 11) is 0. The predicted octanol–water partition coefficient (Wildman–Crippen LogP) is 5.01. The Hall–Kier alpha value is -1.89. The Kier molecular flexibility index (Phi) is 5.13. The molecule has 0 atom stereocenters.